The average Bonchev–Trinajstić information content (AvgIpc) is 2.15. The summed E-state index contributed by atoms with van der Waals surface area (Å²) < 4.78 is 1.98. The third-order valence-corrected chi connectivity index (χ3v) is 1.47. The first kappa shape index (κ1) is 6.13. The third kappa shape index (κ3) is 0.896. The van der Waals surface area contributed by atoms with Gasteiger partial charge in [-0.3, -0.25) is 0 Å². The molecule has 0 amide bonds. The molecule has 0 radical (unpaired) electrons. The van der Waals surface area contributed by atoms with Crippen LogP contribution in [0.2, 0.25) is 0 Å². The van der Waals surface area contributed by atoms with Crippen LogP contribution >= 0.6 is 0 Å². The first-order valence-corrected chi connectivity index (χ1v) is 2.91. The van der Waals surface area contributed by atoms with Crippen LogP contribution in [-0.2, 0) is 7.05 Å². The van der Waals surface area contributed by atoms with Crippen molar-refractivity contribution in [2.45, 2.75) is 6.92 Å². The minimum absolute atomic E-state index is 0.956. The van der Waals surface area contributed by atoms with Crippen LogP contribution in [0.4, 0.5) is 5.82 Å². The van der Waals surface area contributed by atoms with Gasteiger partial charge in [-0.25, -0.2) is 4.98 Å². The molecule has 0 bridgehead atoms. The molecule has 1 heterocycles. The normalized spacial score (nSPS) is 9.67. The summed E-state index contributed by atoms with van der Waals surface area (Å²) in [7, 11) is 3.85. The van der Waals surface area contributed by atoms with E-state index in [1.54, 1.807) is 6.33 Å². The molecule has 0 aliphatic heterocycles. The van der Waals surface area contributed by atoms with E-state index < -0.39 is 0 Å². The van der Waals surface area contributed by atoms with E-state index in [0.29, 0.717) is 0 Å². The number of imidazole rings is 1. The van der Waals surface area contributed by atoms with Crippen LogP contribution < -0.4 is 5.32 Å². The van der Waals surface area contributed by atoms with Crippen LogP contribution in [-0.4, -0.2) is 16.6 Å². The number of aryl methyl sites for hydroxylation is 1. The highest BCUT2D eigenvalue weighted by atomic mass is 15.1. The van der Waals surface area contributed by atoms with Gasteiger partial charge in [-0.05, 0) is 6.92 Å². The Hall–Kier alpha value is -0.990. The summed E-state index contributed by atoms with van der Waals surface area (Å²) in [5.74, 6) is 0.956. The van der Waals surface area contributed by atoms with Crippen molar-refractivity contribution in [1.82, 2.24) is 9.55 Å². The lowest BCUT2D eigenvalue weighted by atomic mass is 10.5. The van der Waals surface area contributed by atoms with Crippen molar-refractivity contribution in [2.75, 3.05) is 12.4 Å². The molecule has 3 nitrogen and oxygen atoms in total. The monoisotopic (exact) mass is 125 g/mol. The molecule has 1 N–H and O–H groups in total. The van der Waals surface area contributed by atoms with Gasteiger partial charge in [0.1, 0.15) is 5.82 Å². The molecular formula is C6H11N3. The van der Waals surface area contributed by atoms with E-state index in [-0.39, 0.29) is 0 Å². The first-order chi connectivity index (χ1) is 4.25. The van der Waals surface area contributed by atoms with Crippen molar-refractivity contribution in [2.24, 2.45) is 7.05 Å². The van der Waals surface area contributed by atoms with Crippen molar-refractivity contribution < 1.29 is 0 Å². The number of aromatic nitrogens is 2. The fourth-order valence-corrected chi connectivity index (χ4v) is 0.737. The summed E-state index contributed by atoms with van der Waals surface area (Å²) in [5.41, 5.74) is 1.16. The SMILES string of the molecule is CNc1ncn(C)c1C. The fraction of sp³-hybridized carbons (Fsp3) is 0.500. The van der Waals surface area contributed by atoms with E-state index in [9.17, 15) is 0 Å². The molecule has 50 valence electrons. The summed E-state index contributed by atoms with van der Waals surface area (Å²) in [6.45, 7) is 2.03. The van der Waals surface area contributed by atoms with Crippen molar-refractivity contribution in [3.8, 4) is 0 Å². The standard InChI is InChI=1S/C6H11N3/c1-5-6(7-2)8-4-9(5)3/h4,7H,1-3H3. The molecule has 0 aliphatic carbocycles. The van der Waals surface area contributed by atoms with Gasteiger partial charge in [-0.15, -0.1) is 0 Å². The van der Waals surface area contributed by atoms with E-state index in [1.807, 2.05) is 25.6 Å². The summed E-state index contributed by atoms with van der Waals surface area (Å²) >= 11 is 0. The molecule has 0 fully saturated rings. The number of nitrogens with one attached hydrogen (secondary N) is 1. The number of hydrogen-bond acceptors (Lipinski definition) is 2. The first-order valence-electron chi connectivity index (χ1n) is 2.91. The van der Waals surface area contributed by atoms with Crippen LogP contribution in [0, 0.1) is 6.92 Å². The van der Waals surface area contributed by atoms with Gasteiger partial charge in [0.05, 0.1) is 12.0 Å². The summed E-state index contributed by atoms with van der Waals surface area (Å²) in [6, 6.07) is 0. The Morgan fingerprint density at radius 1 is 1.67 bits per heavy atom. The lowest BCUT2D eigenvalue weighted by Crippen LogP contribution is -1.92. The average molecular weight is 125 g/mol. The third-order valence-electron chi connectivity index (χ3n) is 1.47. The Bertz CT molecular complexity index is 202. The number of hydrogen-bond donors (Lipinski definition) is 1. The van der Waals surface area contributed by atoms with Crippen molar-refractivity contribution in [1.29, 1.82) is 0 Å². The topological polar surface area (TPSA) is 29.9 Å². The molecule has 0 spiro atoms. The smallest absolute Gasteiger partial charge is 0.146 e. The molecule has 0 atom stereocenters. The van der Waals surface area contributed by atoms with Crippen LogP contribution in [0.1, 0.15) is 5.69 Å². The van der Waals surface area contributed by atoms with Crippen LogP contribution in [0.5, 0.6) is 0 Å². The predicted octanol–water partition coefficient (Wildman–Crippen LogP) is 0.770. The zero-order chi connectivity index (χ0) is 6.85. The molecular weight excluding hydrogens is 114 g/mol. The Labute approximate surface area is 54.7 Å². The quantitative estimate of drug-likeness (QED) is 0.600. The molecule has 0 aliphatic rings. The van der Waals surface area contributed by atoms with Crippen LogP contribution in [0.3, 0.4) is 0 Å². The largest absolute Gasteiger partial charge is 0.372 e. The lowest BCUT2D eigenvalue weighted by molar-refractivity contribution is 0.874. The Morgan fingerprint density at radius 2 is 2.33 bits per heavy atom. The minimum atomic E-state index is 0.956. The van der Waals surface area contributed by atoms with Gasteiger partial charge >= 0.3 is 0 Å². The van der Waals surface area contributed by atoms with E-state index >= 15 is 0 Å². The van der Waals surface area contributed by atoms with E-state index in [2.05, 4.69) is 10.3 Å². The maximum atomic E-state index is 4.09. The number of anilines is 1. The zero-order valence-corrected chi connectivity index (χ0v) is 5.97. The molecule has 0 saturated carbocycles. The molecule has 9 heavy (non-hydrogen) atoms. The van der Waals surface area contributed by atoms with Gasteiger partial charge in [-0.2, -0.15) is 0 Å². The second kappa shape index (κ2) is 2.09. The van der Waals surface area contributed by atoms with Crippen molar-refractivity contribution >= 4 is 5.82 Å². The summed E-state index contributed by atoms with van der Waals surface area (Å²) in [5, 5.41) is 2.98. The highest BCUT2D eigenvalue weighted by molar-refractivity contribution is 5.38. The maximum Gasteiger partial charge on any atom is 0.146 e. The maximum absolute atomic E-state index is 4.09. The van der Waals surface area contributed by atoms with Gasteiger partial charge in [0.2, 0.25) is 0 Å². The van der Waals surface area contributed by atoms with Crippen molar-refractivity contribution in [3.63, 3.8) is 0 Å². The van der Waals surface area contributed by atoms with Crippen LogP contribution in [0.25, 0.3) is 0 Å². The number of nitrogens with zero attached hydrogens (tertiary/aromatic N) is 2. The molecule has 0 saturated heterocycles. The fourth-order valence-electron chi connectivity index (χ4n) is 0.737. The highest BCUT2D eigenvalue weighted by Gasteiger charge is 1.98. The minimum Gasteiger partial charge on any atom is -0.372 e. The molecule has 1 aromatic rings. The van der Waals surface area contributed by atoms with E-state index in [4.69, 9.17) is 0 Å². The van der Waals surface area contributed by atoms with Gasteiger partial charge < -0.3 is 9.88 Å². The molecule has 0 aromatic carbocycles. The molecule has 1 aromatic heterocycles. The van der Waals surface area contributed by atoms with Crippen molar-refractivity contribution in [3.05, 3.63) is 12.0 Å². The Morgan fingerprint density at radius 3 is 2.56 bits per heavy atom. The Balaban J connectivity index is 3.04. The zero-order valence-electron chi connectivity index (χ0n) is 5.97. The molecule has 0 unspecified atom stereocenters. The molecule has 1 rings (SSSR count). The lowest BCUT2D eigenvalue weighted by Gasteiger charge is -1.95. The molecule has 3 heteroatoms. The van der Waals surface area contributed by atoms with Gasteiger partial charge in [0.25, 0.3) is 0 Å². The van der Waals surface area contributed by atoms with E-state index in [1.165, 1.54) is 0 Å². The van der Waals surface area contributed by atoms with Crippen LogP contribution in [0.15, 0.2) is 6.33 Å². The van der Waals surface area contributed by atoms with Gasteiger partial charge in [0.15, 0.2) is 0 Å². The number of rotatable bonds is 1. The second-order valence-corrected chi connectivity index (χ2v) is 2.04. The predicted molar refractivity (Wildman–Crippen MR) is 37.5 cm³/mol. The second-order valence-electron chi connectivity index (χ2n) is 2.04. The highest BCUT2D eigenvalue weighted by Crippen LogP contribution is 2.07. The van der Waals surface area contributed by atoms with Gasteiger partial charge in [-0.1, -0.05) is 0 Å². The Kier molecular flexibility index (Phi) is 1.42. The summed E-state index contributed by atoms with van der Waals surface area (Å²) in [4.78, 5) is 4.09. The van der Waals surface area contributed by atoms with E-state index in [0.717, 1.165) is 11.5 Å². The van der Waals surface area contributed by atoms with Gasteiger partial charge in [0, 0.05) is 14.1 Å². The summed E-state index contributed by atoms with van der Waals surface area (Å²) in [6.07, 6.45) is 1.79.